The van der Waals surface area contributed by atoms with Gasteiger partial charge in [0.05, 0.1) is 7.11 Å². The number of aromatic nitrogens is 1. The molecule has 1 aromatic heterocycles. The summed E-state index contributed by atoms with van der Waals surface area (Å²) in [7, 11) is 1.66. The van der Waals surface area contributed by atoms with E-state index >= 15 is 0 Å². The largest absolute Gasteiger partial charge is 0.497 e. The van der Waals surface area contributed by atoms with E-state index < -0.39 is 0 Å². The van der Waals surface area contributed by atoms with Gasteiger partial charge in [0.2, 0.25) is 0 Å². The smallest absolute Gasteiger partial charge is 0.119 e. The molecule has 92 valence electrons. The normalized spacial score (nSPS) is 11.9. The first-order valence-electron chi connectivity index (χ1n) is 5.27. The number of nitrogens with one attached hydrogen (secondary N) is 1. The maximum atomic E-state index is 6.08. The Morgan fingerprint density at radius 2 is 2.29 bits per heavy atom. The number of halogens is 1. The Hall–Kier alpha value is -1.45. The van der Waals surface area contributed by atoms with Crippen LogP contribution in [0.1, 0.15) is 18.0 Å². The summed E-state index contributed by atoms with van der Waals surface area (Å²) in [6.45, 7) is 3.71. The average Bonchev–Trinajstić information content (AvgIpc) is 2.71. The molecule has 0 saturated heterocycles. The van der Waals surface area contributed by atoms with E-state index in [-0.39, 0.29) is 18.4 Å². The monoisotopic (exact) mass is 252 g/mol. The molecular weight excluding hydrogens is 236 g/mol. The fraction of sp³-hybridized carbons (Fsp3) is 0.231. The standard InChI is InChI=1S/C13H16N2O.ClH/c1-3-4-12(14)11-8-15-13-6-5-9(16-2)7-10(11)13;/h3,5-8,12,15H,1,4,14H2,2H3;1H/t12-;/m1./s1. The lowest BCUT2D eigenvalue weighted by molar-refractivity contribution is 0.415. The molecule has 3 nitrogen and oxygen atoms in total. The van der Waals surface area contributed by atoms with Crippen molar-refractivity contribution in [1.29, 1.82) is 0 Å². The van der Waals surface area contributed by atoms with E-state index in [0.717, 1.165) is 28.6 Å². The lowest BCUT2D eigenvalue weighted by Gasteiger charge is -2.08. The van der Waals surface area contributed by atoms with E-state index in [1.165, 1.54) is 0 Å². The Morgan fingerprint density at radius 1 is 1.53 bits per heavy atom. The van der Waals surface area contributed by atoms with E-state index in [2.05, 4.69) is 11.6 Å². The first-order valence-corrected chi connectivity index (χ1v) is 5.27. The summed E-state index contributed by atoms with van der Waals surface area (Å²) in [5.41, 5.74) is 8.26. The topological polar surface area (TPSA) is 51.0 Å². The molecular formula is C13H17ClN2O. The van der Waals surface area contributed by atoms with Gasteiger partial charge in [-0.3, -0.25) is 0 Å². The van der Waals surface area contributed by atoms with Crippen molar-refractivity contribution < 1.29 is 4.74 Å². The zero-order valence-corrected chi connectivity index (χ0v) is 10.6. The van der Waals surface area contributed by atoms with Crippen molar-refractivity contribution in [3.05, 3.63) is 42.6 Å². The quantitative estimate of drug-likeness (QED) is 0.822. The highest BCUT2D eigenvalue weighted by Gasteiger charge is 2.10. The van der Waals surface area contributed by atoms with Crippen LogP contribution < -0.4 is 10.5 Å². The van der Waals surface area contributed by atoms with E-state index in [9.17, 15) is 0 Å². The predicted octanol–water partition coefficient (Wildman–Crippen LogP) is 3.17. The molecule has 0 radical (unpaired) electrons. The van der Waals surface area contributed by atoms with Gasteiger partial charge in [0.25, 0.3) is 0 Å². The fourth-order valence-electron chi connectivity index (χ4n) is 1.86. The van der Waals surface area contributed by atoms with Crippen molar-refractivity contribution >= 4 is 23.3 Å². The molecule has 4 heteroatoms. The molecule has 2 rings (SSSR count). The maximum Gasteiger partial charge on any atom is 0.119 e. The van der Waals surface area contributed by atoms with Crippen molar-refractivity contribution in [1.82, 2.24) is 4.98 Å². The Kier molecular flexibility index (Phi) is 4.61. The van der Waals surface area contributed by atoms with Gasteiger partial charge in [-0.25, -0.2) is 0 Å². The van der Waals surface area contributed by atoms with E-state index in [1.807, 2.05) is 30.5 Å². The molecule has 1 atom stereocenters. The summed E-state index contributed by atoms with van der Waals surface area (Å²) in [4.78, 5) is 3.21. The third-order valence-corrected chi connectivity index (χ3v) is 2.74. The van der Waals surface area contributed by atoms with Gasteiger partial charge in [-0.05, 0) is 30.2 Å². The predicted molar refractivity (Wildman–Crippen MR) is 73.8 cm³/mol. The summed E-state index contributed by atoms with van der Waals surface area (Å²) in [5.74, 6) is 0.846. The minimum atomic E-state index is -0.0154. The van der Waals surface area contributed by atoms with Crippen LogP contribution >= 0.6 is 12.4 Å². The molecule has 0 aliphatic carbocycles. The summed E-state index contributed by atoms with van der Waals surface area (Å²) in [6, 6.07) is 5.92. The van der Waals surface area contributed by atoms with Gasteiger partial charge >= 0.3 is 0 Å². The number of hydrogen-bond acceptors (Lipinski definition) is 2. The number of methoxy groups -OCH3 is 1. The average molecular weight is 253 g/mol. The zero-order valence-electron chi connectivity index (χ0n) is 9.77. The molecule has 3 N–H and O–H groups in total. The molecule has 17 heavy (non-hydrogen) atoms. The second-order valence-electron chi connectivity index (χ2n) is 3.79. The number of fused-ring (bicyclic) bond motifs is 1. The number of nitrogens with two attached hydrogens (primary N) is 1. The van der Waals surface area contributed by atoms with E-state index in [1.54, 1.807) is 7.11 Å². The van der Waals surface area contributed by atoms with Gasteiger partial charge in [-0.2, -0.15) is 0 Å². The van der Waals surface area contributed by atoms with Crippen molar-refractivity contribution in [3.8, 4) is 5.75 Å². The molecule has 0 aliphatic heterocycles. The van der Waals surface area contributed by atoms with Crippen LogP contribution in [0.15, 0.2) is 37.1 Å². The number of ether oxygens (including phenoxy) is 1. The van der Waals surface area contributed by atoms with Crippen molar-refractivity contribution in [2.75, 3.05) is 7.11 Å². The second kappa shape index (κ2) is 5.75. The minimum absolute atomic E-state index is 0. The number of aromatic amines is 1. The summed E-state index contributed by atoms with van der Waals surface area (Å²) in [5, 5.41) is 1.12. The molecule has 2 aromatic rings. The summed E-state index contributed by atoms with van der Waals surface area (Å²) < 4.78 is 5.21. The molecule has 0 saturated carbocycles. The van der Waals surface area contributed by atoms with Crippen molar-refractivity contribution in [3.63, 3.8) is 0 Å². The summed E-state index contributed by atoms with van der Waals surface area (Å²) >= 11 is 0. The SMILES string of the molecule is C=CC[C@@H](N)c1c[nH]c2ccc(OC)cc12.Cl. The van der Waals surface area contributed by atoms with Crippen molar-refractivity contribution in [2.45, 2.75) is 12.5 Å². The number of benzene rings is 1. The molecule has 1 aromatic carbocycles. The molecule has 1 heterocycles. The van der Waals surface area contributed by atoms with Crippen LogP contribution in [0, 0.1) is 0 Å². The molecule has 0 unspecified atom stereocenters. The Balaban J connectivity index is 0.00000144. The molecule has 0 bridgehead atoms. The lowest BCUT2D eigenvalue weighted by Crippen LogP contribution is -2.08. The molecule has 0 fully saturated rings. The van der Waals surface area contributed by atoms with Crippen LogP contribution in [-0.2, 0) is 0 Å². The van der Waals surface area contributed by atoms with Crippen LogP contribution in [-0.4, -0.2) is 12.1 Å². The van der Waals surface area contributed by atoms with Gasteiger partial charge in [-0.1, -0.05) is 6.08 Å². The zero-order chi connectivity index (χ0) is 11.5. The minimum Gasteiger partial charge on any atom is -0.497 e. The number of rotatable bonds is 4. The maximum absolute atomic E-state index is 6.08. The van der Waals surface area contributed by atoms with Gasteiger partial charge in [0, 0.05) is 23.1 Å². The molecule has 0 spiro atoms. The third-order valence-electron chi connectivity index (χ3n) is 2.74. The lowest BCUT2D eigenvalue weighted by atomic mass is 10.0. The Bertz CT molecular complexity index is 507. The highest BCUT2D eigenvalue weighted by molar-refractivity contribution is 5.85. The van der Waals surface area contributed by atoms with Gasteiger partial charge in [0.1, 0.15) is 5.75 Å². The number of hydrogen-bond donors (Lipinski definition) is 2. The van der Waals surface area contributed by atoms with Gasteiger partial charge < -0.3 is 15.5 Å². The number of H-pyrrole nitrogens is 1. The van der Waals surface area contributed by atoms with Gasteiger partial charge in [0.15, 0.2) is 0 Å². The van der Waals surface area contributed by atoms with Crippen molar-refractivity contribution in [2.24, 2.45) is 5.73 Å². The first kappa shape index (κ1) is 13.6. The highest BCUT2D eigenvalue weighted by Crippen LogP contribution is 2.28. The van der Waals surface area contributed by atoms with Crippen LogP contribution in [0.2, 0.25) is 0 Å². The Morgan fingerprint density at radius 3 is 2.94 bits per heavy atom. The second-order valence-corrected chi connectivity index (χ2v) is 3.79. The van der Waals surface area contributed by atoms with Crippen LogP contribution in [0.5, 0.6) is 5.75 Å². The van der Waals surface area contributed by atoms with Crippen LogP contribution in [0.3, 0.4) is 0 Å². The highest BCUT2D eigenvalue weighted by atomic mass is 35.5. The third kappa shape index (κ3) is 2.62. The van der Waals surface area contributed by atoms with Crippen LogP contribution in [0.25, 0.3) is 10.9 Å². The summed E-state index contributed by atoms with van der Waals surface area (Å²) in [6.07, 6.45) is 4.56. The molecule has 0 amide bonds. The molecule has 0 aliphatic rings. The fourth-order valence-corrected chi connectivity index (χ4v) is 1.86. The van der Waals surface area contributed by atoms with Crippen LogP contribution in [0.4, 0.5) is 0 Å². The van der Waals surface area contributed by atoms with E-state index in [4.69, 9.17) is 10.5 Å². The Labute approximate surface area is 107 Å². The first-order chi connectivity index (χ1) is 7.76. The van der Waals surface area contributed by atoms with Gasteiger partial charge in [-0.15, -0.1) is 19.0 Å². The van der Waals surface area contributed by atoms with E-state index in [0.29, 0.717) is 0 Å².